The first-order chi connectivity index (χ1) is 8.59. The van der Waals surface area contributed by atoms with Crippen molar-refractivity contribution in [3.05, 3.63) is 23.0 Å². The monoisotopic (exact) mass is 249 g/mol. The molecule has 18 heavy (non-hydrogen) atoms. The van der Waals surface area contributed by atoms with Crippen molar-refractivity contribution in [2.45, 2.75) is 40.2 Å². The Morgan fingerprint density at radius 2 is 1.89 bits per heavy atom. The normalized spacial score (nSPS) is 17.6. The third-order valence-corrected chi connectivity index (χ3v) is 4.01. The van der Waals surface area contributed by atoms with Crippen LogP contribution in [0.15, 0.2) is 6.07 Å². The summed E-state index contributed by atoms with van der Waals surface area (Å²) in [7, 11) is 0. The van der Waals surface area contributed by atoms with Gasteiger partial charge in [-0.3, -0.25) is 0 Å². The number of hydrogen-bond acceptors (Lipinski definition) is 2. The second-order valence-corrected chi connectivity index (χ2v) is 5.70. The zero-order valence-corrected chi connectivity index (χ0v) is 12.3. The van der Waals surface area contributed by atoms with Gasteiger partial charge in [0.05, 0.1) is 0 Å². The molecule has 1 N–H and O–H groups in total. The molecule has 102 valence electrons. The summed E-state index contributed by atoms with van der Waals surface area (Å²) in [6.07, 6.45) is 1.19. The van der Waals surface area contributed by atoms with Gasteiger partial charge in [-0.15, -0.1) is 0 Å². The van der Waals surface area contributed by atoms with E-state index in [1.807, 2.05) is 0 Å². The van der Waals surface area contributed by atoms with E-state index in [0.29, 0.717) is 6.04 Å². The van der Waals surface area contributed by atoms with Crippen molar-refractivity contribution in [3.8, 4) is 0 Å². The number of rotatable bonds is 4. The van der Waals surface area contributed by atoms with E-state index in [1.54, 1.807) is 0 Å². The van der Waals surface area contributed by atoms with Crippen molar-refractivity contribution >= 4 is 0 Å². The summed E-state index contributed by atoms with van der Waals surface area (Å²) in [6, 6.07) is 2.94. The van der Waals surface area contributed by atoms with Crippen LogP contribution in [-0.2, 0) is 6.42 Å². The van der Waals surface area contributed by atoms with Gasteiger partial charge in [-0.05, 0) is 45.7 Å². The van der Waals surface area contributed by atoms with Gasteiger partial charge in [0, 0.05) is 50.2 Å². The van der Waals surface area contributed by atoms with Gasteiger partial charge in [0.15, 0.2) is 0 Å². The molecule has 1 saturated heterocycles. The van der Waals surface area contributed by atoms with Crippen molar-refractivity contribution < 1.29 is 0 Å². The third-order valence-electron chi connectivity index (χ3n) is 4.01. The molecule has 1 aliphatic heterocycles. The Morgan fingerprint density at radius 3 is 2.44 bits per heavy atom. The van der Waals surface area contributed by atoms with Gasteiger partial charge in [-0.1, -0.05) is 0 Å². The van der Waals surface area contributed by atoms with Crippen LogP contribution < -0.4 is 5.32 Å². The number of nitrogens with zero attached hydrogens (tertiary/aromatic N) is 2. The van der Waals surface area contributed by atoms with Gasteiger partial charge in [-0.2, -0.15) is 0 Å². The molecule has 0 aromatic carbocycles. The molecule has 0 amide bonds. The summed E-state index contributed by atoms with van der Waals surface area (Å²) in [5.41, 5.74) is 4.38. The van der Waals surface area contributed by atoms with E-state index >= 15 is 0 Å². The highest BCUT2D eigenvalue weighted by molar-refractivity contribution is 5.27. The third kappa shape index (κ3) is 2.96. The van der Waals surface area contributed by atoms with E-state index in [4.69, 9.17) is 0 Å². The van der Waals surface area contributed by atoms with Crippen LogP contribution in [0.25, 0.3) is 0 Å². The fourth-order valence-corrected chi connectivity index (χ4v) is 3.11. The molecular formula is C15H27N3. The highest BCUT2D eigenvalue weighted by Gasteiger charge is 2.13. The van der Waals surface area contributed by atoms with Crippen LogP contribution in [0.2, 0.25) is 0 Å². The van der Waals surface area contributed by atoms with Gasteiger partial charge in [-0.25, -0.2) is 0 Å². The molecule has 0 spiro atoms. The average molecular weight is 249 g/mol. The molecule has 2 rings (SSSR count). The minimum atomic E-state index is 0.568. The van der Waals surface area contributed by atoms with Crippen LogP contribution in [0.3, 0.4) is 0 Å². The van der Waals surface area contributed by atoms with Crippen molar-refractivity contribution in [2.75, 3.05) is 32.7 Å². The molecule has 1 fully saturated rings. The molecule has 3 nitrogen and oxygen atoms in total. The molecule has 3 heteroatoms. The molecule has 0 aliphatic carbocycles. The number of piperazine rings is 1. The summed E-state index contributed by atoms with van der Waals surface area (Å²) in [5, 5.41) is 3.41. The van der Waals surface area contributed by atoms with Crippen molar-refractivity contribution in [3.63, 3.8) is 0 Å². The smallest absolute Gasteiger partial charge is 0.0279 e. The molecule has 1 aromatic rings. The average Bonchev–Trinajstić information content (AvgIpc) is 2.63. The van der Waals surface area contributed by atoms with Crippen LogP contribution in [-0.4, -0.2) is 42.2 Å². The molecule has 0 atom stereocenters. The fourth-order valence-electron chi connectivity index (χ4n) is 3.11. The van der Waals surface area contributed by atoms with E-state index < -0.39 is 0 Å². The molecule has 0 saturated carbocycles. The van der Waals surface area contributed by atoms with Crippen molar-refractivity contribution in [1.29, 1.82) is 0 Å². The largest absolute Gasteiger partial charge is 0.346 e. The van der Waals surface area contributed by atoms with Gasteiger partial charge in [0.25, 0.3) is 0 Å². The molecule has 0 bridgehead atoms. The van der Waals surface area contributed by atoms with Gasteiger partial charge < -0.3 is 14.8 Å². The summed E-state index contributed by atoms with van der Waals surface area (Å²) in [6.45, 7) is 14.9. The van der Waals surface area contributed by atoms with Gasteiger partial charge in [0.2, 0.25) is 0 Å². The van der Waals surface area contributed by atoms with E-state index in [9.17, 15) is 0 Å². The molecule has 0 unspecified atom stereocenters. The molecular weight excluding hydrogens is 222 g/mol. The topological polar surface area (TPSA) is 20.2 Å². The predicted molar refractivity (Wildman–Crippen MR) is 77.3 cm³/mol. The summed E-state index contributed by atoms with van der Waals surface area (Å²) >= 11 is 0. The lowest BCUT2D eigenvalue weighted by Gasteiger charge is -2.27. The number of aromatic nitrogens is 1. The molecule has 1 aromatic heterocycles. The Labute approximate surface area is 111 Å². The van der Waals surface area contributed by atoms with E-state index in [1.165, 1.54) is 43.0 Å². The first-order valence-corrected chi connectivity index (χ1v) is 7.20. The summed E-state index contributed by atoms with van der Waals surface area (Å²) in [4.78, 5) is 2.57. The zero-order chi connectivity index (χ0) is 13.1. The van der Waals surface area contributed by atoms with Gasteiger partial charge in [0.1, 0.15) is 0 Å². The molecule has 2 heterocycles. The Hall–Kier alpha value is -0.800. The van der Waals surface area contributed by atoms with Crippen LogP contribution in [0, 0.1) is 13.8 Å². The summed E-state index contributed by atoms with van der Waals surface area (Å²) in [5.74, 6) is 0. The van der Waals surface area contributed by atoms with E-state index in [-0.39, 0.29) is 0 Å². The Balaban J connectivity index is 1.99. The second-order valence-electron chi connectivity index (χ2n) is 5.70. The minimum Gasteiger partial charge on any atom is -0.346 e. The first-order valence-electron chi connectivity index (χ1n) is 7.20. The summed E-state index contributed by atoms with van der Waals surface area (Å²) < 4.78 is 2.45. The zero-order valence-electron chi connectivity index (χ0n) is 12.3. The molecule has 0 radical (unpaired) electrons. The Kier molecular flexibility index (Phi) is 4.46. The quantitative estimate of drug-likeness (QED) is 0.882. The van der Waals surface area contributed by atoms with Crippen molar-refractivity contribution in [2.24, 2.45) is 0 Å². The Bertz CT molecular complexity index is 387. The number of hydrogen-bond donors (Lipinski definition) is 1. The SMILES string of the molecule is Cc1cc(CCN2CCNCC2)c(C)n1C(C)C. The fraction of sp³-hybridized carbons (Fsp3) is 0.733. The predicted octanol–water partition coefficient (Wildman–Crippen LogP) is 2.13. The lowest BCUT2D eigenvalue weighted by atomic mass is 10.1. The van der Waals surface area contributed by atoms with Crippen molar-refractivity contribution in [1.82, 2.24) is 14.8 Å². The lowest BCUT2D eigenvalue weighted by Crippen LogP contribution is -2.44. The first kappa shape index (κ1) is 13.6. The van der Waals surface area contributed by atoms with Crippen LogP contribution >= 0.6 is 0 Å². The number of nitrogens with one attached hydrogen (secondary N) is 1. The maximum Gasteiger partial charge on any atom is 0.0279 e. The lowest BCUT2D eigenvalue weighted by molar-refractivity contribution is 0.243. The minimum absolute atomic E-state index is 0.568. The maximum atomic E-state index is 3.41. The highest BCUT2D eigenvalue weighted by atomic mass is 15.2. The highest BCUT2D eigenvalue weighted by Crippen LogP contribution is 2.20. The number of aryl methyl sites for hydroxylation is 1. The van der Waals surface area contributed by atoms with E-state index in [0.717, 1.165) is 13.1 Å². The van der Waals surface area contributed by atoms with Crippen LogP contribution in [0.4, 0.5) is 0 Å². The van der Waals surface area contributed by atoms with E-state index in [2.05, 4.69) is 48.5 Å². The van der Waals surface area contributed by atoms with Gasteiger partial charge >= 0.3 is 0 Å². The standard InChI is InChI=1S/C15H27N3/c1-12(2)18-13(3)11-15(14(18)4)5-8-17-9-6-16-7-10-17/h11-12,16H,5-10H2,1-4H3. The van der Waals surface area contributed by atoms with Crippen LogP contribution in [0.1, 0.15) is 36.8 Å². The maximum absolute atomic E-state index is 3.41. The second kappa shape index (κ2) is 5.89. The molecule has 1 aliphatic rings. The Morgan fingerprint density at radius 1 is 1.22 bits per heavy atom. The van der Waals surface area contributed by atoms with Crippen LogP contribution in [0.5, 0.6) is 0 Å².